The van der Waals surface area contributed by atoms with Gasteiger partial charge in [-0.05, 0) is 51.8 Å². The number of rotatable bonds is 6. The highest BCUT2D eigenvalue weighted by Crippen LogP contribution is 2.41. The molecule has 1 atom stereocenters. The summed E-state index contributed by atoms with van der Waals surface area (Å²) in [5.41, 5.74) is 0.424. The summed E-state index contributed by atoms with van der Waals surface area (Å²) in [6, 6.07) is 17.6. The number of nitrogens with two attached hydrogens (primary N) is 1. The van der Waals surface area contributed by atoms with Gasteiger partial charge in [-0.25, -0.2) is 10.6 Å². The van der Waals surface area contributed by atoms with Crippen molar-refractivity contribution in [3.8, 4) is 11.3 Å². The lowest BCUT2D eigenvalue weighted by atomic mass is 9.76. The van der Waals surface area contributed by atoms with Crippen LogP contribution in [-0.4, -0.2) is 27.4 Å². The maximum atomic E-state index is 14.1. The van der Waals surface area contributed by atoms with Crippen LogP contribution in [0.4, 0.5) is 4.79 Å². The Hall–Kier alpha value is -3.69. The number of hydrogen-bond donors (Lipinski definition) is 3. The molecule has 4 N–H and O–H groups in total. The third-order valence-electron chi connectivity index (χ3n) is 6.84. The Morgan fingerprint density at radius 2 is 1.72 bits per heavy atom. The van der Waals surface area contributed by atoms with E-state index in [2.05, 4.69) is 10.7 Å². The summed E-state index contributed by atoms with van der Waals surface area (Å²) in [6.07, 6.45) is 3.49. The monoisotopic (exact) mass is 551 g/mol. The number of amides is 2. The summed E-state index contributed by atoms with van der Waals surface area (Å²) in [6.45, 7) is 5.29. The smallest absolute Gasteiger partial charge is 0.409 e. The molecule has 1 heterocycles. The molecule has 0 spiro atoms. The van der Waals surface area contributed by atoms with E-state index in [4.69, 9.17) is 27.3 Å². The summed E-state index contributed by atoms with van der Waals surface area (Å²) in [5, 5.41) is 8.25. The lowest BCUT2D eigenvalue weighted by Crippen LogP contribution is -2.61. The van der Waals surface area contributed by atoms with E-state index in [1.165, 1.54) is 10.7 Å². The fraction of sp³-hybridized carbons (Fsp3) is 0.379. The zero-order valence-electron chi connectivity index (χ0n) is 22.4. The van der Waals surface area contributed by atoms with Crippen LogP contribution in [0.15, 0.2) is 65.5 Å². The van der Waals surface area contributed by atoms with E-state index in [1.807, 2.05) is 30.3 Å². The highest BCUT2D eigenvalue weighted by Gasteiger charge is 2.47. The molecule has 1 aliphatic rings. The van der Waals surface area contributed by atoms with Crippen LogP contribution >= 0.6 is 11.6 Å². The van der Waals surface area contributed by atoms with Gasteiger partial charge in [0.1, 0.15) is 11.2 Å². The van der Waals surface area contributed by atoms with E-state index >= 15 is 0 Å². The first-order valence-electron chi connectivity index (χ1n) is 13.0. The Kier molecular flexibility index (Phi) is 8.42. The zero-order valence-corrected chi connectivity index (χ0v) is 23.1. The molecule has 1 saturated carbocycles. The molecule has 2 aromatic carbocycles. The van der Waals surface area contributed by atoms with Crippen LogP contribution in [0.1, 0.15) is 68.8 Å². The van der Waals surface area contributed by atoms with Crippen molar-refractivity contribution in [3.63, 3.8) is 0 Å². The predicted molar refractivity (Wildman–Crippen MR) is 150 cm³/mol. The Balaban J connectivity index is 2.09. The molecule has 0 aliphatic heterocycles. The molecule has 0 radical (unpaired) electrons. The van der Waals surface area contributed by atoms with Crippen LogP contribution in [0.2, 0.25) is 5.02 Å². The first-order chi connectivity index (χ1) is 18.5. The van der Waals surface area contributed by atoms with Gasteiger partial charge in [0, 0.05) is 22.1 Å². The van der Waals surface area contributed by atoms with Crippen molar-refractivity contribution >= 4 is 23.6 Å². The number of hydrazine groups is 1. The topological polar surface area (TPSA) is 128 Å². The molecule has 4 rings (SSSR count). The summed E-state index contributed by atoms with van der Waals surface area (Å²) in [4.78, 5) is 40.5. The molecule has 0 saturated heterocycles. The molecular formula is C29H34ClN5O4. The molecule has 2 amide bonds. The largest absolute Gasteiger partial charge is 0.444 e. The van der Waals surface area contributed by atoms with E-state index in [0.717, 1.165) is 19.3 Å². The third-order valence-corrected chi connectivity index (χ3v) is 7.08. The molecule has 3 aromatic rings. The van der Waals surface area contributed by atoms with E-state index in [9.17, 15) is 14.4 Å². The fourth-order valence-electron chi connectivity index (χ4n) is 5.19. The van der Waals surface area contributed by atoms with Crippen LogP contribution in [0.3, 0.4) is 0 Å². The minimum Gasteiger partial charge on any atom is -0.444 e. The van der Waals surface area contributed by atoms with Gasteiger partial charge in [-0.15, -0.1) is 0 Å². The van der Waals surface area contributed by atoms with Gasteiger partial charge in [-0.1, -0.05) is 73.3 Å². The Morgan fingerprint density at radius 3 is 2.33 bits per heavy atom. The minimum atomic E-state index is -1.51. The molecule has 1 aliphatic carbocycles. The van der Waals surface area contributed by atoms with Gasteiger partial charge < -0.3 is 4.74 Å². The normalized spacial score (nSPS) is 15.7. The first kappa shape index (κ1) is 28.3. The number of halogens is 1. The van der Waals surface area contributed by atoms with E-state index in [-0.39, 0.29) is 11.5 Å². The number of carbonyl (C=O) groups excluding carboxylic acids is 2. The lowest BCUT2D eigenvalue weighted by Gasteiger charge is -2.44. The zero-order chi connectivity index (χ0) is 28.2. The van der Waals surface area contributed by atoms with Crippen molar-refractivity contribution < 1.29 is 14.3 Å². The van der Waals surface area contributed by atoms with Crippen molar-refractivity contribution in [2.75, 3.05) is 0 Å². The van der Waals surface area contributed by atoms with Gasteiger partial charge in [0.15, 0.2) is 5.66 Å². The Bertz CT molecular complexity index is 1400. The summed E-state index contributed by atoms with van der Waals surface area (Å²) in [7, 11) is 0. The molecule has 1 aromatic heterocycles. The van der Waals surface area contributed by atoms with Crippen LogP contribution in [0, 0.1) is 5.92 Å². The number of ether oxygens (including phenoxy) is 1. The number of benzene rings is 2. The number of alkyl carbamates (subject to hydrolysis) is 1. The van der Waals surface area contributed by atoms with Crippen LogP contribution in [0.5, 0.6) is 0 Å². The predicted octanol–water partition coefficient (Wildman–Crippen LogP) is 4.97. The molecule has 1 unspecified atom stereocenters. The third kappa shape index (κ3) is 6.15. The standard InChI is InChI=1S/C29H34ClN5O4/c1-28(2,3)39-27(38)32-29(20-13-8-5-9-14-20,21-15-10-16-22(30)17-21)35-26(37)23(25(36)33-31)18-24(34-35)19-11-6-4-7-12-19/h4,6-7,10-12,15-18,20H,5,8-9,13-14,31H2,1-3H3,(H,32,38)(H,33,36). The summed E-state index contributed by atoms with van der Waals surface area (Å²) < 4.78 is 6.90. The van der Waals surface area contributed by atoms with Gasteiger partial charge in [-0.2, -0.15) is 9.78 Å². The van der Waals surface area contributed by atoms with Gasteiger partial charge in [0.25, 0.3) is 11.5 Å². The molecule has 39 heavy (non-hydrogen) atoms. The van der Waals surface area contributed by atoms with E-state index in [0.29, 0.717) is 34.7 Å². The summed E-state index contributed by atoms with van der Waals surface area (Å²) in [5.74, 6) is 4.44. The van der Waals surface area contributed by atoms with Gasteiger partial charge >= 0.3 is 6.09 Å². The van der Waals surface area contributed by atoms with E-state index in [1.54, 1.807) is 45.0 Å². The number of nitrogen functional groups attached to an aromatic ring is 1. The lowest BCUT2D eigenvalue weighted by molar-refractivity contribution is 0.0280. The second-order valence-electron chi connectivity index (χ2n) is 10.7. The second kappa shape index (κ2) is 11.6. The molecule has 10 heteroatoms. The van der Waals surface area contributed by atoms with Crippen LogP contribution in [0.25, 0.3) is 11.3 Å². The van der Waals surface area contributed by atoms with Gasteiger partial charge in [0.05, 0.1) is 5.69 Å². The Morgan fingerprint density at radius 1 is 1.03 bits per heavy atom. The van der Waals surface area contributed by atoms with E-state index < -0.39 is 28.8 Å². The average Bonchev–Trinajstić information content (AvgIpc) is 2.91. The maximum Gasteiger partial charge on any atom is 0.409 e. The van der Waals surface area contributed by atoms with Gasteiger partial charge in [0.2, 0.25) is 0 Å². The quantitative estimate of drug-likeness (QED) is 0.225. The number of aromatic nitrogens is 2. The second-order valence-corrected chi connectivity index (χ2v) is 11.2. The van der Waals surface area contributed by atoms with Crippen LogP contribution in [-0.2, 0) is 10.4 Å². The minimum absolute atomic E-state index is 0.209. The summed E-state index contributed by atoms with van der Waals surface area (Å²) >= 11 is 6.46. The highest BCUT2D eigenvalue weighted by atomic mass is 35.5. The van der Waals surface area contributed by atoms with Crippen molar-refractivity contribution in [1.82, 2.24) is 20.5 Å². The first-order valence-corrected chi connectivity index (χ1v) is 13.4. The molecule has 1 fully saturated rings. The molecule has 206 valence electrons. The average molecular weight is 552 g/mol. The number of nitrogens with zero attached hydrogens (tertiary/aromatic N) is 2. The number of nitrogens with one attached hydrogen (secondary N) is 2. The SMILES string of the molecule is CC(C)(C)OC(=O)NC(c1cccc(Cl)c1)(C1CCCCC1)n1nc(-c2ccccc2)cc(C(=O)NN)c1=O. The molecule has 9 nitrogen and oxygen atoms in total. The van der Waals surface area contributed by atoms with Crippen molar-refractivity contribution in [2.45, 2.75) is 64.1 Å². The molecule has 0 bridgehead atoms. The van der Waals surface area contributed by atoms with Crippen molar-refractivity contribution in [2.24, 2.45) is 11.8 Å². The number of carbonyl (C=O) groups is 2. The van der Waals surface area contributed by atoms with Crippen molar-refractivity contribution in [3.05, 3.63) is 87.2 Å². The Labute approximate surface area is 232 Å². The van der Waals surface area contributed by atoms with Crippen molar-refractivity contribution in [1.29, 1.82) is 0 Å². The van der Waals surface area contributed by atoms with Gasteiger partial charge in [-0.3, -0.25) is 20.3 Å². The maximum absolute atomic E-state index is 14.1. The highest BCUT2D eigenvalue weighted by molar-refractivity contribution is 6.30. The fourth-order valence-corrected chi connectivity index (χ4v) is 5.38. The molecular weight excluding hydrogens is 518 g/mol. The van der Waals surface area contributed by atoms with Crippen LogP contribution < -0.4 is 22.1 Å². The number of hydrogen-bond acceptors (Lipinski definition) is 6.